The van der Waals surface area contributed by atoms with Crippen LogP contribution in [0.1, 0.15) is 5.56 Å². The van der Waals surface area contributed by atoms with E-state index in [1.807, 2.05) is 18.3 Å². The van der Waals surface area contributed by atoms with Crippen LogP contribution in [0, 0.1) is 12.7 Å². The second kappa shape index (κ2) is 6.29. The topological polar surface area (TPSA) is 12.9 Å². The number of fused-ring (bicyclic) bond motifs is 3. The standard InChI is InChI=1S/C24H16FNS/c1-15-10-11-26-22(12-15)21-7-3-6-20-19-9-8-17(14-23(19)27-24(20)21)16-4-2-5-18(25)13-16/h2-14H,1H3. The number of pyridine rings is 1. The van der Waals surface area contributed by atoms with Gasteiger partial charge >= 0.3 is 0 Å². The smallest absolute Gasteiger partial charge is 0.123 e. The molecule has 27 heavy (non-hydrogen) atoms. The number of thiophene rings is 1. The maximum absolute atomic E-state index is 13.6. The minimum absolute atomic E-state index is 0.211. The van der Waals surface area contributed by atoms with E-state index in [1.54, 1.807) is 23.5 Å². The number of aromatic nitrogens is 1. The Hall–Kier alpha value is -3.04. The van der Waals surface area contributed by atoms with Gasteiger partial charge in [0.05, 0.1) is 5.69 Å². The van der Waals surface area contributed by atoms with Crippen molar-refractivity contribution >= 4 is 31.5 Å². The first-order valence-electron chi connectivity index (χ1n) is 8.83. The fraction of sp³-hybridized carbons (Fsp3) is 0.0417. The fourth-order valence-corrected chi connectivity index (χ4v) is 4.80. The maximum Gasteiger partial charge on any atom is 0.123 e. The van der Waals surface area contributed by atoms with Crippen LogP contribution in [0.5, 0.6) is 0 Å². The van der Waals surface area contributed by atoms with Gasteiger partial charge in [0.1, 0.15) is 5.82 Å². The molecule has 0 unspecified atom stereocenters. The molecule has 0 radical (unpaired) electrons. The van der Waals surface area contributed by atoms with Crippen molar-refractivity contribution in [2.24, 2.45) is 0 Å². The number of benzene rings is 3. The molecule has 1 nitrogen and oxygen atoms in total. The Labute approximate surface area is 160 Å². The Morgan fingerprint density at radius 2 is 1.67 bits per heavy atom. The van der Waals surface area contributed by atoms with Crippen LogP contribution in [0.4, 0.5) is 4.39 Å². The van der Waals surface area contributed by atoms with Crippen LogP contribution in [0.3, 0.4) is 0 Å². The zero-order valence-corrected chi connectivity index (χ0v) is 15.6. The molecule has 2 heterocycles. The number of hydrogen-bond acceptors (Lipinski definition) is 2. The van der Waals surface area contributed by atoms with Crippen molar-refractivity contribution in [3.63, 3.8) is 0 Å². The van der Waals surface area contributed by atoms with Crippen LogP contribution >= 0.6 is 11.3 Å². The molecule has 0 aliphatic rings. The number of hydrogen-bond donors (Lipinski definition) is 0. The summed E-state index contributed by atoms with van der Waals surface area (Å²) in [4.78, 5) is 4.57. The number of rotatable bonds is 2. The van der Waals surface area contributed by atoms with Gasteiger partial charge in [-0.3, -0.25) is 4.98 Å². The van der Waals surface area contributed by atoms with Gasteiger partial charge in [0.25, 0.3) is 0 Å². The fourth-order valence-electron chi connectivity index (χ4n) is 3.53. The van der Waals surface area contributed by atoms with E-state index in [-0.39, 0.29) is 5.82 Å². The third-order valence-corrected chi connectivity index (χ3v) is 6.05. The monoisotopic (exact) mass is 369 g/mol. The predicted octanol–water partition coefficient (Wildman–Crippen LogP) is 7.23. The summed E-state index contributed by atoms with van der Waals surface area (Å²) in [5, 5.41) is 2.46. The van der Waals surface area contributed by atoms with Gasteiger partial charge in [0.2, 0.25) is 0 Å². The molecule has 0 saturated heterocycles. The lowest BCUT2D eigenvalue weighted by Crippen LogP contribution is -1.84. The third-order valence-electron chi connectivity index (χ3n) is 4.85. The highest BCUT2D eigenvalue weighted by Crippen LogP contribution is 2.40. The van der Waals surface area contributed by atoms with E-state index in [0.717, 1.165) is 22.4 Å². The molecule has 2 aromatic heterocycles. The quantitative estimate of drug-likeness (QED) is 0.320. The minimum atomic E-state index is -0.211. The Morgan fingerprint density at radius 1 is 0.815 bits per heavy atom. The zero-order chi connectivity index (χ0) is 18.4. The van der Waals surface area contributed by atoms with Gasteiger partial charge < -0.3 is 0 Å². The number of nitrogens with zero attached hydrogens (tertiary/aromatic N) is 1. The Morgan fingerprint density at radius 3 is 2.52 bits per heavy atom. The van der Waals surface area contributed by atoms with Crippen LogP contribution in [-0.2, 0) is 0 Å². The van der Waals surface area contributed by atoms with Crippen molar-refractivity contribution in [2.45, 2.75) is 6.92 Å². The molecule has 0 amide bonds. The van der Waals surface area contributed by atoms with Crippen LogP contribution in [-0.4, -0.2) is 4.98 Å². The molecule has 0 spiro atoms. The average Bonchev–Trinajstić information content (AvgIpc) is 3.06. The molecule has 0 aliphatic carbocycles. The molecule has 0 N–H and O–H groups in total. The van der Waals surface area contributed by atoms with Gasteiger partial charge in [-0.2, -0.15) is 0 Å². The lowest BCUT2D eigenvalue weighted by Gasteiger charge is -2.03. The van der Waals surface area contributed by atoms with Crippen LogP contribution in [0.2, 0.25) is 0 Å². The third kappa shape index (κ3) is 2.81. The van der Waals surface area contributed by atoms with E-state index in [4.69, 9.17) is 0 Å². The van der Waals surface area contributed by atoms with Crippen LogP contribution in [0.25, 0.3) is 42.6 Å². The van der Waals surface area contributed by atoms with Gasteiger partial charge in [-0.25, -0.2) is 4.39 Å². The molecule has 0 fully saturated rings. The van der Waals surface area contributed by atoms with Crippen molar-refractivity contribution in [2.75, 3.05) is 0 Å². The molecular weight excluding hydrogens is 353 g/mol. The van der Waals surface area contributed by atoms with Crippen molar-refractivity contribution in [1.29, 1.82) is 0 Å². The minimum Gasteiger partial charge on any atom is -0.256 e. The molecule has 130 valence electrons. The SMILES string of the molecule is Cc1ccnc(-c2cccc3c2sc2cc(-c4cccc(F)c4)ccc23)c1. The van der Waals surface area contributed by atoms with Gasteiger partial charge in [0, 0.05) is 31.9 Å². The van der Waals surface area contributed by atoms with E-state index in [0.29, 0.717) is 0 Å². The highest BCUT2D eigenvalue weighted by atomic mass is 32.1. The number of aryl methyl sites for hydroxylation is 1. The second-order valence-electron chi connectivity index (χ2n) is 6.72. The molecule has 5 aromatic rings. The molecule has 0 saturated carbocycles. The summed E-state index contributed by atoms with van der Waals surface area (Å²) < 4.78 is 16.0. The van der Waals surface area contributed by atoms with Crippen LogP contribution < -0.4 is 0 Å². The lowest BCUT2D eigenvalue weighted by molar-refractivity contribution is 0.628. The molecule has 0 bridgehead atoms. The molecule has 3 aromatic carbocycles. The summed E-state index contributed by atoms with van der Waals surface area (Å²) in [7, 11) is 0. The highest BCUT2D eigenvalue weighted by molar-refractivity contribution is 7.26. The normalized spacial score (nSPS) is 11.3. The van der Waals surface area contributed by atoms with Crippen molar-refractivity contribution < 1.29 is 4.39 Å². The zero-order valence-electron chi connectivity index (χ0n) is 14.7. The molecule has 0 atom stereocenters. The van der Waals surface area contributed by atoms with Gasteiger partial charge in [-0.1, -0.05) is 42.5 Å². The van der Waals surface area contributed by atoms with Gasteiger partial charge in [0.15, 0.2) is 0 Å². The summed E-state index contributed by atoms with van der Waals surface area (Å²) in [6.45, 7) is 2.08. The summed E-state index contributed by atoms with van der Waals surface area (Å²) in [5.74, 6) is -0.211. The number of halogens is 1. The van der Waals surface area contributed by atoms with Crippen molar-refractivity contribution in [3.8, 4) is 22.4 Å². The Bertz CT molecular complexity index is 1300. The molecule has 0 aliphatic heterocycles. The average molecular weight is 369 g/mol. The summed E-state index contributed by atoms with van der Waals surface area (Å²) in [5.41, 5.74) is 5.28. The first-order chi connectivity index (χ1) is 13.2. The first-order valence-corrected chi connectivity index (χ1v) is 9.65. The predicted molar refractivity (Wildman–Crippen MR) is 113 cm³/mol. The largest absolute Gasteiger partial charge is 0.256 e. The Balaban J connectivity index is 1.73. The highest BCUT2D eigenvalue weighted by Gasteiger charge is 2.12. The summed E-state index contributed by atoms with van der Waals surface area (Å²) >= 11 is 1.77. The second-order valence-corrected chi connectivity index (χ2v) is 7.78. The van der Waals surface area contributed by atoms with E-state index in [1.165, 1.54) is 31.8 Å². The summed E-state index contributed by atoms with van der Waals surface area (Å²) in [6, 6.07) is 23.6. The van der Waals surface area contributed by atoms with Gasteiger partial charge in [-0.15, -0.1) is 11.3 Å². The molecule has 3 heteroatoms. The van der Waals surface area contributed by atoms with E-state index in [2.05, 4.69) is 54.4 Å². The molecular formula is C24H16FNS. The van der Waals surface area contributed by atoms with E-state index in [9.17, 15) is 4.39 Å². The van der Waals surface area contributed by atoms with E-state index < -0.39 is 0 Å². The summed E-state index contributed by atoms with van der Waals surface area (Å²) in [6.07, 6.45) is 1.86. The molecule has 5 rings (SSSR count). The van der Waals surface area contributed by atoms with E-state index >= 15 is 0 Å². The lowest BCUT2D eigenvalue weighted by atomic mass is 10.0. The van der Waals surface area contributed by atoms with Gasteiger partial charge in [-0.05, 0) is 53.9 Å². The van der Waals surface area contributed by atoms with Crippen molar-refractivity contribution in [3.05, 3.63) is 90.4 Å². The van der Waals surface area contributed by atoms with Crippen LogP contribution in [0.15, 0.2) is 79.0 Å². The first kappa shape index (κ1) is 16.2. The Kier molecular flexibility index (Phi) is 3.76. The van der Waals surface area contributed by atoms with Crippen molar-refractivity contribution in [1.82, 2.24) is 4.98 Å². The maximum atomic E-state index is 13.6.